The van der Waals surface area contributed by atoms with Gasteiger partial charge >= 0.3 is 5.97 Å². The second kappa shape index (κ2) is 5.73. The number of aliphatic carboxylic acids is 1. The summed E-state index contributed by atoms with van der Waals surface area (Å²) in [4.78, 5) is 28.6. The first-order chi connectivity index (χ1) is 8.68. The number of ketones is 1. The number of carbonyl (C=O) groups is 2. The summed E-state index contributed by atoms with van der Waals surface area (Å²) in [5.74, 6) is -0.777. The Balaban J connectivity index is 1.88. The predicted octanol–water partition coefficient (Wildman–Crippen LogP) is 1.20. The molecule has 1 unspecified atom stereocenters. The van der Waals surface area contributed by atoms with Gasteiger partial charge in [0.25, 0.3) is 0 Å². The molecule has 0 spiro atoms. The molecule has 5 heteroatoms. The van der Waals surface area contributed by atoms with E-state index in [1.165, 1.54) is 0 Å². The van der Waals surface area contributed by atoms with Crippen LogP contribution in [-0.2, 0) is 4.79 Å². The van der Waals surface area contributed by atoms with E-state index in [1.807, 2.05) is 4.90 Å². The van der Waals surface area contributed by atoms with Gasteiger partial charge in [0, 0.05) is 30.9 Å². The average Bonchev–Trinajstić information content (AvgIpc) is 2.85. The lowest BCUT2D eigenvalue weighted by Crippen LogP contribution is -2.37. The predicted molar refractivity (Wildman–Crippen MR) is 65.4 cm³/mol. The topological polar surface area (TPSA) is 70.5 Å². The van der Waals surface area contributed by atoms with Crippen LogP contribution in [0.3, 0.4) is 0 Å². The lowest BCUT2D eigenvalue weighted by molar-refractivity contribution is -0.142. The van der Waals surface area contributed by atoms with Crippen LogP contribution >= 0.6 is 0 Å². The Morgan fingerprint density at radius 1 is 1.50 bits per heavy atom. The van der Waals surface area contributed by atoms with Gasteiger partial charge in [-0.15, -0.1) is 0 Å². The highest BCUT2D eigenvalue weighted by atomic mass is 16.4. The molecule has 96 valence electrons. The van der Waals surface area contributed by atoms with Crippen LogP contribution in [0.25, 0.3) is 0 Å². The quantitative estimate of drug-likeness (QED) is 0.793. The van der Waals surface area contributed by atoms with Crippen LogP contribution in [0.2, 0.25) is 0 Å². The SMILES string of the molecule is O=C(CCN1CCCC1C(=O)O)c1cccnc1. The number of hydrogen-bond acceptors (Lipinski definition) is 4. The minimum Gasteiger partial charge on any atom is -0.480 e. The van der Waals surface area contributed by atoms with Gasteiger partial charge in [-0.05, 0) is 31.5 Å². The van der Waals surface area contributed by atoms with Crippen LogP contribution in [0, 0.1) is 0 Å². The first-order valence-electron chi connectivity index (χ1n) is 6.08. The zero-order chi connectivity index (χ0) is 13.0. The minimum absolute atomic E-state index is 0.0131. The molecule has 1 fully saturated rings. The monoisotopic (exact) mass is 248 g/mol. The van der Waals surface area contributed by atoms with Crippen LogP contribution in [0.1, 0.15) is 29.6 Å². The third kappa shape index (κ3) is 2.92. The first-order valence-corrected chi connectivity index (χ1v) is 6.08. The van der Waals surface area contributed by atoms with Crippen LogP contribution in [-0.4, -0.2) is 45.9 Å². The molecule has 1 atom stereocenters. The molecular weight excluding hydrogens is 232 g/mol. The van der Waals surface area contributed by atoms with Crippen molar-refractivity contribution in [2.75, 3.05) is 13.1 Å². The fourth-order valence-electron chi connectivity index (χ4n) is 2.29. The molecule has 1 saturated heterocycles. The molecule has 1 aromatic heterocycles. The molecule has 2 rings (SSSR count). The third-order valence-electron chi connectivity index (χ3n) is 3.26. The molecule has 1 aliphatic heterocycles. The smallest absolute Gasteiger partial charge is 0.320 e. The molecule has 1 aromatic rings. The maximum Gasteiger partial charge on any atom is 0.320 e. The van der Waals surface area contributed by atoms with Gasteiger partial charge in [-0.1, -0.05) is 0 Å². The van der Waals surface area contributed by atoms with E-state index in [1.54, 1.807) is 24.5 Å². The fraction of sp³-hybridized carbons (Fsp3) is 0.462. The molecule has 5 nitrogen and oxygen atoms in total. The highest BCUT2D eigenvalue weighted by Gasteiger charge is 2.30. The zero-order valence-electron chi connectivity index (χ0n) is 10.1. The van der Waals surface area contributed by atoms with Crippen LogP contribution in [0.4, 0.5) is 0 Å². The number of carboxylic acids is 1. The van der Waals surface area contributed by atoms with E-state index in [9.17, 15) is 9.59 Å². The summed E-state index contributed by atoms with van der Waals surface area (Å²) in [6.45, 7) is 1.27. The molecule has 0 radical (unpaired) electrons. The van der Waals surface area contributed by atoms with Crippen LogP contribution < -0.4 is 0 Å². The van der Waals surface area contributed by atoms with E-state index >= 15 is 0 Å². The molecule has 1 aliphatic rings. The number of likely N-dealkylation sites (tertiary alicyclic amines) is 1. The van der Waals surface area contributed by atoms with Crippen molar-refractivity contribution in [2.45, 2.75) is 25.3 Å². The highest BCUT2D eigenvalue weighted by molar-refractivity contribution is 5.95. The second-order valence-corrected chi connectivity index (χ2v) is 4.45. The van der Waals surface area contributed by atoms with E-state index < -0.39 is 12.0 Å². The molecule has 0 bridgehead atoms. The van der Waals surface area contributed by atoms with Gasteiger partial charge in [0.1, 0.15) is 6.04 Å². The largest absolute Gasteiger partial charge is 0.480 e. The standard InChI is InChI=1S/C13H16N2O3/c16-12(10-3-1-6-14-9-10)5-8-15-7-2-4-11(15)13(17)18/h1,3,6,9,11H,2,4-5,7-8H2,(H,17,18). The first kappa shape index (κ1) is 12.7. The van der Waals surface area contributed by atoms with Gasteiger partial charge in [0.05, 0.1) is 0 Å². The van der Waals surface area contributed by atoms with Gasteiger partial charge in [-0.2, -0.15) is 0 Å². The molecule has 18 heavy (non-hydrogen) atoms. The lowest BCUT2D eigenvalue weighted by atomic mass is 10.1. The maximum atomic E-state index is 11.9. The molecular formula is C13H16N2O3. The summed E-state index contributed by atoms with van der Waals surface area (Å²) in [6.07, 6.45) is 5.07. The Kier molecular flexibility index (Phi) is 4.04. The van der Waals surface area contributed by atoms with Crippen molar-refractivity contribution < 1.29 is 14.7 Å². The summed E-state index contributed by atoms with van der Waals surface area (Å²) in [5.41, 5.74) is 0.587. The van der Waals surface area contributed by atoms with E-state index in [0.717, 1.165) is 13.0 Å². The van der Waals surface area contributed by atoms with E-state index in [4.69, 9.17) is 5.11 Å². The van der Waals surface area contributed by atoms with Gasteiger partial charge < -0.3 is 5.11 Å². The number of hydrogen-bond donors (Lipinski definition) is 1. The Morgan fingerprint density at radius 3 is 3.00 bits per heavy atom. The number of rotatable bonds is 5. The summed E-state index contributed by atoms with van der Waals surface area (Å²) >= 11 is 0. The van der Waals surface area contributed by atoms with Gasteiger partial charge in [0.2, 0.25) is 0 Å². The summed E-state index contributed by atoms with van der Waals surface area (Å²) in [6, 6.07) is 3.03. The van der Waals surface area contributed by atoms with Gasteiger partial charge in [-0.3, -0.25) is 19.5 Å². The Bertz CT molecular complexity index is 433. The maximum absolute atomic E-state index is 11.9. The van der Waals surface area contributed by atoms with Crippen molar-refractivity contribution in [1.29, 1.82) is 0 Å². The number of carbonyl (C=O) groups excluding carboxylic acids is 1. The van der Waals surface area contributed by atoms with Crippen molar-refractivity contribution in [3.05, 3.63) is 30.1 Å². The lowest BCUT2D eigenvalue weighted by Gasteiger charge is -2.20. The molecule has 0 amide bonds. The highest BCUT2D eigenvalue weighted by Crippen LogP contribution is 2.18. The second-order valence-electron chi connectivity index (χ2n) is 4.45. The van der Waals surface area contributed by atoms with Crippen LogP contribution in [0.15, 0.2) is 24.5 Å². The van der Waals surface area contributed by atoms with E-state index in [0.29, 0.717) is 24.9 Å². The van der Waals surface area contributed by atoms with Crippen molar-refractivity contribution in [2.24, 2.45) is 0 Å². The number of Topliss-reactive ketones (excluding diaryl/α,β-unsaturated/α-hetero) is 1. The van der Waals surface area contributed by atoms with E-state index in [-0.39, 0.29) is 5.78 Å². The minimum atomic E-state index is -0.790. The molecule has 2 heterocycles. The van der Waals surface area contributed by atoms with Crippen molar-refractivity contribution in [1.82, 2.24) is 9.88 Å². The summed E-state index contributed by atoms with van der Waals surface area (Å²) in [7, 11) is 0. The Labute approximate surface area is 105 Å². The van der Waals surface area contributed by atoms with Crippen molar-refractivity contribution >= 4 is 11.8 Å². The number of pyridine rings is 1. The van der Waals surface area contributed by atoms with Crippen molar-refractivity contribution in [3.8, 4) is 0 Å². The van der Waals surface area contributed by atoms with Gasteiger partial charge in [0.15, 0.2) is 5.78 Å². The third-order valence-corrected chi connectivity index (χ3v) is 3.26. The Morgan fingerprint density at radius 2 is 2.33 bits per heavy atom. The molecule has 0 aliphatic carbocycles. The van der Waals surface area contributed by atoms with Gasteiger partial charge in [-0.25, -0.2) is 0 Å². The van der Waals surface area contributed by atoms with Crippen molar-refractivity contribution in [3.63, 3.8) is 0 Å². The van der Waals surface area contributed by atoms with Crippen LogP contribution in [0.5, 0.6) is 0 Å². The fourth-order valence-corrected chi connectivity index (χ4v) is 2.29. The molecule has 1 N–H and O–H groups in total. The number of carboxylic acid groups (broad SMARTS) is 1. The molecule has 0 saturated carbocycles. The number of nitrogens with zero attached hydrogens (tertiary/aromatic N) is 2. The number of aromatic nitrogens is 1. The molecule has 0 aromatic carbocycles. The Hall–Kier alpha value is -1.75. The van der Waals surface area contributed by atoms with E-state index in [2.05, 4.69) is 4.98 Å². The normalized spacial score (nSPS) is 19.9. The summed E-state index contributed by atoms with van der Waals surface area (Å²) < 4.78 is 0. The summed E-state index contributed by atoms with van der Waals surface area (Å²) in [5, 5.41) is 9.03. The zero-order valence-corrected chi connectivity index (χ0v) is 10.1. The average molecular weight is 248 g/mol.